The van der Waals surface area contributed by atoms with Gasteiger partial charge in [0.1, 0.15) is 11.5 Å². The fraction of sp³-hybridized carbons (Fsp3) is 0.280. The second-order valence-corrected chi connectivity index (χ2v) is 10.1. The van der Waals surface area contributed by atoms with Crippen LogP contribution in [0, 0.1) is 0 Å². The summed E-state index contributed by atoms with van der Waals surface area (Å²) >= 11 is 0. The second-order valence-electron chi connectivity index (χ2n) is 8.30. The van der Waals surface area contributed by atoms with Crippen molar-refractivity contribution < 1.29 is 36.5 Å². The molecule has 0 amide bonds. The van der Waals surface area contributed by atoms with E-state index in [1.807, 2.05) is 0 Å². The molecule has 0 aliphatic carbocycles. The van der Waals surface area contributed by atoms with Crippen LogP contribution in [0.15, 0.2) is 66.7 Å². The van der Waals surface area contributed by atoms with E-state index in [0.717, 1.165) is 24.0 Å². The van der Waals surface area contributed by atoms with Crippen LogP contribution >= 0.6 is 0 Å². The van der Waals surface area contributed by atoms with Gasteiger partial charge in [0.05, 0.1) is 30.7 Å². The van der Waals surface area contributed by atoms with E-state index in [9.17, 15) is 31.8 Å². The molecule has 0 bridgehead atoms. The molecule has 0 radical (unpaired) electrons. The Kier molecular flexibility index (Phi) is 8.49. The molecule has 4 N–H and O–H groups in total. The summed E-state index contributed by atoms with van der Waals surface area (Å²) < 4.78 is 70.0. The molecule has 0 saturated carbocycles. The molecule has 2 atom stereocenters. The SMILES string of the molecule is COc1ccc(C(Cc2cccc(C(F)(F)F)c2)NC[C@H](O)c2ccc(O)c(NS(C)(=O)=O)c2)cc1. The normalized spacial score (nSPS) is 13.7. The van der Waals surface area contributed by atoms with Gasteiger partial charge < -0.3 is 20.3 Å². The Balaban J connectivity index is 1.82. The van der Waals surface area contributed by atoms with Crippen molar-refractivity contribution >= 4 is 15.7 Å². The zero-order chi connectivity index (χ0) is 26.5. The van der Waals surface area contributed by atoms with E-state index in [4.69, 9.17) is 4.74 Å². The number of nitrogens with one attached hydrogen (secondary N) is 2. The van der Waals surface area contributed by atoms with E-state index in [1.54, 1.807) is 30.3 Å². The van der Waals surface area contributed by atoms with Crippen molar-refractivity contribution in [1.29, 1.82) is 0 Å². The summed E-state index contributed by atoms with van der Waals surface area (Å²) in [5.41, 5.74) is 0.731. The number of phenols is 1. The van der Waals surface area contributed by atoms with Gasteiger partial charge in [-0.05, 0) is 53.4 Å². The topological polar surface area (TPSA) is 108 Å². The minimum absolute atomic E-state index is 0.00124. The second kappa shape index (κ2) is 11.2. The first-order chi connectivity index (χ1) is 16.9. The molecule has 3 aromatic rings. The van der Waals surface area contributed by atoms with E-state index >= 15 is 0 Å². The Bertz CT molecular complexity index is 1280. The van der Waals surface area contributed by atoms with Crippen LogP contribution in [-0.2, 0) is 22.6 Å². The summed E-state index contributed by atoms with van der Waals surface area (Å²) in [6.45, 7) is -0.00124. The van der Waals surface area contributed by atoms with Crippen molar-refractivity contribution in [3.8, 4) is 11.5 Å². The highest BCUT2D eigenvalue weighted by molar-refractivity contribution is 7.92. The van der Waals surface area contributed by atoms with Crippen molar-refractivity contribution in [3.05, 3.63) is 89.0 Å². The third-order valence-corrected chi connectivity index (χ3v) is 6.06. The lowest BCUT2D eigenvalue weighted by molar-refractivity contribution is -0.137. The van der Waals surface area contributed by atoms with E-state index in [0.29, 0.717) is 16.9 Å². The number of rotatable bonds is 10. The van der Waals surface area contributed by atoms with Crippen molar-refractivity contribution in [2.45, 2.75) is 24.7 Å². The van der Waals surface area contributed by atoms with Gasteiger partial charge in [-0.25, -0.2) is 8.42 Å². The van der Waals surface area contributed by atoms with E-state index < -0.39 is 33.9 Å². The monoisotopic (exact) mass is 524 g/mol. The number of phenolic OH excluding ortho intramolecular Hbond substituents is 1. The number of aliphatic hydroxyl groups is 1. The molecule has 7 nitrogen and oxygen atoms in total. The fourth-order valence-corrected chi connectivity index (χ4v) is 4.23. The summed E-state index contributed by atoms with van der Waals surface area (Å²) in [5, 5.41) is 23.8. The van der Waals surface area contributed by atoms with Gasteiger partial charge in [0.2, 0.25) is 10.0 Å². The smallest absolute Gasteiger partial charge is 0.416 e. The number of hydrogen-bond donors (Lipinski definition) is 4. The molecule has 36 heavy (non-hydrogen) atoms. The lowest BCUT2D eigenvalue weighted by atomic mass is 9.97. The number of hydrogen-bond acceptors (Lipinski definition) is 6. The van der Waals surface area contributed by atoms with Crippen LogP contribution in [0.3, 0.4) is 0 Å². The average molecular weight is 525 g/mol. The quantitative estimate of drug-likeness (QED) is 0.293. The number of anilines is 1. The lowest BCUT2D eigenvalue weighted by Crippen LogP contribution is -2.28. The van der Waals surface area contributed by atoms with Gasteiger partial charge >= 0.3 is 6.18 Å². The van der Waals surface area contributed by atoms with E-state index in [1.165, 1.54) is 31.4 Å². The number of methoxy groups -OCH3 is 1. The number of halogens is 3. The maximum absolute atomic E-state index is 13.2. The lowest BCUT2D eigenvalue weighted by Gasteiger charge is -2.23. The molecule has 0 fully saturated rings. The Morgan fingerprint density at radius 1 is 1.00 bits per heavy atom. The van der Waals surface area contributed by atoms with Crippen LogP contribution in [0.25, 0.3) is 0 Å². The van der Waals surface area contributed by atoms with E-state index in [-0.39, 0.29) is 24.4 Å². The minimum Gasteiger partial charge on any atom is -0.506 e. The predicted octanol–water partition coefficient (Wildman–Crippen LogP) is 4.40. The van der Waals surface area contributed by atoms with Gasteiger partial charge in [0, 0.05) is 12.6 Å². The molecular weight excluding hydrogens is 497 g/mol. The summed E-state index contributed by atoms with van der Waals surface area (Å²) in [6.07, 6.45) is -4.43. The van der Waals surface area contributed by atoms with Crippen LogP contribution < -0.4 is 14.8 Å². The summed E-state index contributed by atoms with van der Waals surface area (Å²) in [4.78, 5) is 0. The third kappa shape index (κ3) is 7.61. The number of aromatic hydroxyl groups is 1. The predicted molar refractivity (Wildman–Crippen MR) is 130 cm³/mol. The Morgan fingerprint density at radius 2 is 1.67 bits per heavy atom. The molecule has 3 rings (SSSR count). The summed E-state index contributed by atoms with van der Waals surface area (Å²) in [5.74, 6) is 0.316. The van der Waals surface area contributed by atoms with Crippen molar-refractivity contribution in [1.82, 2.24) is 5.32 Å². The number of ether oxygens (including phenoxy) is 1. The molecule has 1 unspecified atom stereocenters. The molecule has 3 aromatic carbocycles. The number of aliphatic hydroxyl groups excluding tert-OH is 1. The first-order valence-electron chi connectivity index (χ1n) is 10.9. The van der Waals surface area contributed by atoms with Gasteiger partial charge in [-0.15, -0.1) is 0 Å². The Labute approximate surface area is 207 Å². The highest BCUT2D eigenvalue weighted by Gasteiger charge is 2.30. The van der Waals surface area contributed by atoms with Gasteiger partial charge in [-0.2, -0.15) is 13.2 Å². The van der Waals surface area contributed by atoms with Crippen LogP contribution in [0.1, 0.15) is 34.4 Å². The van der Waals surface area contributed by atoms with E-state index in [2.05, 4.69) is 10.0 Å². The molecular formula is C25H27F3N2O5S. The highest BCUT2D eigenvalue weighted by Crippen LogP contribution is 2.31. The maximum atomic E-state index is 13.2. The highest BCUT2D eigenvalue weighted by atomic mass is 32.2. The van der Waals surface area contributed by atoms with Gasteiger partial charge in [-0.1, -0.05) is 36.4 Å². The molecule has 11 heteroatoms. The number of alkyl halides is 3. The first-order valence-corrected chi connectivity index (χ1v) is 12.8. The summed E-state index contributed by atoms with van der Waals surface area (Å²) in [7, 11) is -2.13. The molecule has 0 saturated heterocycles. The minimum atomic E-state index is -4.47. The fourth-order valence-electron chi connectivity index (χ4n) is 3.67. The summed E-state index contributed by atoms with van der Waals surface area (Å²) in [6, 6.07) is 15.7. The molecule has 0 heterocycles. The average Bonchev–Trinajstić information content (AvgIpc) is 2.82. The Hall–Kier alpha value is -3.28. The zero-order valence-corrected chi connectivity index (χ0v) is 20.4. The largest absolute Gasteiger partial charge is 0.506 e. The van der Waals surface area contributed by atoms with Gasteiger partial charge in [0.15, 0.2) is 0 Å². The third-order valence-electron chi connectivity index (χ3n) is 5.47. The zero-order valence-electron chi connectivity index (χ0n) is 19.6. The van der Waals surface area contributed by atoms with Crippen molar-refractivity contribution in [2.75, 3.05) is 24.6 Å². The van der Waals surface area contributed by atoms with Crippen LogP contribution in [0.4, 0.5) is 18.9 Å². The molecule has 0 spiro atoms. The van der Waals surface area contributed by atoms with Gasteiger partial charge in [-0.3, -0.25) is 4.72 Å². The molecule has 194 valence electrons. The van der Waals surface area contributed by atoms with Crippen LogP contribution in [-0.4, -0.2) is 38.5 Å². The van der Waals surface area contributed by atoms with Crippen LogP contribution in [0.2, 0.25) is 0 Å². The van der Waals surface area contributed by atoms with Crippen molar-refractivity contribution in [2.24, 2.45) is 0 Å². The van der Waals surface area contributed by atoms with Crippen molar-refractivity contribution in [3.63, 3.8) is 0 Å². The van der Waals surface area contributed by atoms with Gasteiger partial charge in [0.25, 0.3) is 0 Å². The maximum Gasteiger partial charge on any atom is 0.416 e. The first kappa shape index (κ1) is 27.3. The molecule has 0 aliphatic heterocycles. The standard InChI is InChI=1S/C25H27F3N2O5S/c1-35-20-9-6-17(7-10-20)21(13-16-4-3-5-19(12-16)25(26,27)28)29-15-24(32)18-8-11-23(31)22(14-18)30-36(2,33)34/h3-12,14,21,24,29-32H,13,15H2,1-2H3/t21?,24-/m0/s1. The molecule has 0 aliphatic rings. The molecule has 0 aromatic heterocycles. The number of sulfonamides is 1. The van der Waals surface area contributed by atoms with Crippen LogP contribution in [0.5, 0.6) is 11.5 Å². The Morgan fingerprint density at radius 3 is 2.28 bits per heavy atom. The number of benzene rings is 3.